The summed E-state index contributed by atoms with van der Waals surface area (Å²) >= 11 is 0. The number of benzene rings is 2. The van der Waals surface area contributed by atoms with Gasteiger partial charge in [-0.1, -0.05) is 26.0 Å². The van der Waals surface area contributed by atoms with Crippen LogP contribution in [0.3, 0.4) is 0 Å². The summed E-state index contributed by atoms with van der Waals surface area (Å²) in [5, 5.41) is 2.87. The number of amides is 1. The van der Waals surface area contributed by atoms with Gasteiger partial charge in [-0.2, -0.15) is 0 Å². The molecule has 0 aliphatic carbocycles. The van der Waals surface area contributed by atoms with Crippen molar-refractivity contribution in [1.82, 2.24) is 9.55 Å². The first-order valence-corrected chi connectivity index (χ1v) is 8.13. The Labute approximate surface area is 141 Å². The van der Waals surface area contributed by atoms with E-state index >= 15 is 0 Å². The number of fused-ring (bicyclic) bond motifs is 1. The van der Waals surface area contributed by atoms with E-state index < -0.39 is 6.04 Å². The van der Waals surface area contributed by atoms with Crippen LogP contribution >= 0.6 is 0 Å². The fraction of sp³-hybridized carbons (Fsp3) is 0.263. The topological polar surface area (TPSA) is 72.9 Å². The summed E-state index contributed by atoms with van der Waals surface area (Å²) in [4.78, 5) is 16.5. The van der Waals surface area contributed by atoms with Crippen molar-refractivity contribution >= 4 is 22.6 Å². The van der Waals surface area contributed by atoms with Crippen LogP contribution in [0, 0.1) is 5.92 Å². The van der Waals surface area contributed by atoms with E-state index in [4.69, 9.17) is 5.73 Å². The molecule has 24 heavy (non-hydrogen) atoms. The number of carbonyl (C=O) groups is 1. The van der Waals surface area contributed by atoms with Crippen LogP contribution in [0.5, 0.6) is 0 Å². The second-order valence-electron chi connectivity index (χ2n) is 6.38. The van der Waals surface area contributed by atoms with Gasteiger partial charge in [0.1, 0.15) is 6.33 Å². The molecule has 0 radical (unpaired) electrons. The van der Waals surface area contributed by atoms with Crippen molar-refractivity contribution in [1.29, 1.82) is 0 Å². The fourth-order valence-corrected chi connectivity index (χ4v) is 2.72. The van der Waals surface area contributed by atoms with E-state index in [0.29, 0.717) is 12.3 Å². The molecule has 5 nitrogen and oxygen atoms in total. The third-order valence-electron chi connectivity index (χ3n) is 3.93. The zero-order valence-corrected chi connectivity index (χ0v) is 13.9. The molecular weight excluding hydrogens is 300 g/mol. The van der Waals surface area contributed by atoms with E-state index in [9.17, 15) is 4.79 Å². The maximum Gasteiger partial charge on any atom is 0.241 e. The molecule has 1 amide bonds. The molecular formula is C19H22N4O. The molecule has 3 aromatic rings. The van der Waals surface area contributed by atoms with Gasteiger partial charge in [0.2, 0.25) is 5.91 Å². The second-order valence-corrected chi connectivity index (χ2v) is 6.38. The summed E-state index contributed by atoms with van der Waals surface area (Å²) in [6.45, 7) is 4.11. The number of aromatic nitrogens is 2. The predicted molar refractivity (Wildman–Crippen MR) is 97.1 cm³/mol. The summed E-state index contributed by atoms with van der Waals surface area (Å²) in [5.74, 6) is 0.243. The minimum atomic E-state index is -0.484. The lowest BCUT2D eigenvalue weighted by atomic mass is 10.0. The van der Waals surface area contributed by atoms with Gasteiger partial charge >= 0.3 is 0 Å². The Balaban J connectivity index is 1.75. The van der Waals surface area contributed by atoms with Crippen LogP contribution in [-0.4, -0.2) is 21.5 Å². The molecule has 0 fully saturated rings. The average molecular weight is 322 g/mol. The van der Waals surface area contributed by atoms with E-state index in [-0.39, 0.29) is 5.91 Å². The zero-order chi connectivity index (χ0) is 17.1. The summed E-state index contributed by atoms with van der Waals surface area (Å²) in [6.07, 6.45) is 2.47. The van der Waals surface area contributed by atoms with Crippen molar-refractivity contribution in [3.05, 3.63) is 54.9 Å². The van der Waals surface area contributed by atoms with Crippen LogP contribution in [0.25, 0.3) is 16.7 Å². The highest BCUT2D eigenvalue weighted by molar-refractivity contribution is 5.94. The lowest BCUT2D eigenvalue weighted by Gasteiger charge is -2.14. The van der Waals surface area contributed by atoms with Gasteiger partial charge in [-0.15, -0.1) is 0 Å². The first kappa shape index (κ1) is 16.2. The van der Waals surface area contributed by atoms with Crippen LogP contribution in [-0.2, 0) is 4.79 Å². The molecule has 0 aliphatic rings. The number of nitrogens with two attached hydrogens (primary N) is 1. The van der Waals surface area contributed by atoms with Gasteiger partial charge in [-0.25, -0.2) is 4.98 Å². The molecule has 3 rings (SSSR count). The monoisotopic (exact) mass is 322 g/mol. The SMILES string of the molecule is CC(C)C[C@H](N)C(=O)Nc1ccc(-n2cnc3ccccc32)cc1. The Morgan fingerprint density at radius 3 is 2.58 bits per heavy atom. The summed E-state index contributed by atoms with van der Waals surface area (Å²) in [5.41, 5.74) is 9.65. The lowest BCUT2D eigenvalue weighted by Crippen LogP contribution is -2.36. The largest absolute Gasteiger partial charge is 0.325 e. The number of nitrogens with one attached hydrogen (secondary N) is 1. The second kappa shape index (κ2) is 6.84. The lowest BCUT2D eigenvalue weighted by molar-refractivity contribution is -0.117. The molecule has 1 heterocycles. The summed E-state index contributed by atoms with van der Waals surface area (Å²) < 4.78 is 2.02. The Bertz CT molecular complexity index is 836. The molecule has 124 valence electrons. The Morgan fingerprint density at radius 2 is 1.88 bits per heavy atom. The molecule has 0 spiro atoms. The van der Waals surface area contributed by atoms with E-state index in [0.717, 1.165) is 22.4 Å². The smallest absolute Gasteiger partial charge is 0.241 e. The molecule has 0 unspecified atom stereocenters. The van der Waals surface area contributed by atoms with Crippen molar-refractivity contribution < 1.29 is 4.79 Å². The quantitative estimate of drug-likeness (QED) is 0.756. The highest BCUT2D eigenvalue weighted by Crippen LogP contribution is 2.19. The third kappa shape index (κ3) is 3.46. The highest BCUT2D eigenvalue weighted by Gasteiger charge is 2.15. The van der Waals surface area contributed by atoms with Crippen molar-refractivity contribution in [2.45, 2.75) is 26.3 Å². The first-order chi connectivity index (χ1) is 11.5. The number of imidazole rings is 1. The van der Waals surface area contributed by atoms with Crippen LogP contribution in [0.1, 0.15) is 20.3 Å². The van der Waals surface area contributed by atoms with Gasteiger partial charge in [-0.3, -0.25) is 9.36 Å². The van der Waals surface area contributed by atoms with Gasteiger partial charge in [0, 0.05) is 11.4 Å². The number of rotatable bonds is 5. The molecule has 0 aliphatic heterocycles. The number of hydrogen-bond acceptors (Lipinski definition) is 3. The van der Waals surface area contributed by atoms with Crippen LogP contribution < -0.4 is 11.1 Å². The molecule has 0 saturated heterocycles. The van der Waals surface area contributed by atoms with Crippen molar-refractivity contribution in [2.24, 2.45) is 11.7 Å². The maximum atomic E-state index is 12.1. The van der Waals surface area contributed by atoms with Gasteiger partial charge in [0.25, 0.3) is 0 Å². The number of para-hydroxylation sites is 2. The van der Waals surface area contributed by atoms with Crippen molar-refractivity contribution in [2.75, 3.05) is 5.32 Å². The van der Waals surface area contributed by atoms with Gasteiger partial charge in [0.15, 0.2) is 0 Å². The maximum absolute atomic E-state index is 12.1. The molecule has 0 saturated carbocycles. The number of carbonyl (C=O) groups excluding carboxylic acids is 1. The summed E-state index contributed by atoms with van der Waals surface area (Å²) in [7, 11) is 0. The first-order valence-electron chi connectivity index (χ1n) is 8.13. The Kier molecular flexibility index (Phi) is 4.62. The van der Waals surface area contributed by atoms with Crippen LogP contribution in [0.4, 0.5) is 5.69 Å². The van der Waals surface area contributed by atoms with E-state index in [1.54, 1.807) is 6.33 Å². The van der Waals surface area contributed by atoms with Crippen molar-refractivity contribution in [3.8, 4) is 5.69 Å². The minimum Gasteiger partial charge on any atom is -0.325 e. The number of hydrogen-bond donors (Lipinski definition) is 2. The summed E-state index contributed by atoms with van der Waals surface area (Å²) in [6, 6.07) is 15.2. The standard InChI is InChI=1S/C19H22N4O/c1-13(2)11-16(20)19(24)22-14-7-9-15(10-8-14)23-12-21-17-5-3-4-6-18(17)23/h3-10,12-13,16H,11,20H2,1-2H3,(H,22,24)/t16-/m0/s1. The van der Waals surface area contributed by atoms with Crippen LogP contribution in [0.15, 0.2) is 54.9 Å². The van der Waals surface area contributed by atoms with Gasteiger partial charge in [0.05, 0.1) is 17.1 Å². The minimum absolute atomic E-state index is 0.149. The number of anilines is 1. The number of nitrogens with zero attached hydrogens (tertiary/aromatic N) is 2. The Hall–Kier alpha value is -2.66. The van der Waals surface area contributed by atoms with E-state index in [1.165, 1.54) is 0 Å². The predicted octanol–water partition coefficient (Wildman–Crippen LogP) is 3.34. The molecule has 5 heteroatoms. The van der Waals surface area contributed by atoms with E-state index in [2.05, 4.69) is 24.1 Å². The normalized spacial score (nSPS) is 12.5. The fourth-order valence-electron chi connectivity index (χ4n) is 2.72. The van der Waals surface area contributed by atoms with Gasteiger partial charge < -0.3 is 11.1 Å². The Morgan fingerprint density at radius 1 is 1.17 bits per heavy atom. The third-order valence-corrected chi connectivity index (χ3v) is 3.93. The van der Waals surface area contributed by atoms with Crippen LogP contribution in [0.2, 0.25) is 0 Å². The van der Waals surface area contributed by atoms with E-state index in [1.807, 2.05) is 53.1 Å². The molecule has 3 N–H and O–H groups in total. The molecule has 1 aromatic heterocycles. The highest BCUT2D eigenvalue weighted by atomic mass is 16.2. The van der Waals surface area contributed by atoms with Crippen molar-refractivity contribution in [3.63, 3.8) is 0 Å². The van der Waals surface area contributed by atoms with Gasteiger partial charge in [-0.05, 0) is 48.7 Å². The molecule has 0 bridgehead atoms. The molecule has 2 aromatic carbocycles. The average Bonchev–Trinajstić information content (AvgIpc) is 2.99. The molecule has 1 atom stereocenters. The zero-order valence-electron chi connectivity index (χ0n) is 13.9.